The molecule has 1 fully saturated rings. The van der Waals surface area contributed by atoms with E-state index in [-0.39, 0.29) is 0 Å². The van der Waals surface area contributed by atoms with Crippen LogP contribution in [0, 0.1) is 10.8 Å². The largest absolute Gasteiger partial charge is 0.393 e. The molecule has 0 aromatic rings. The van der Waals surface area contributed by atoms with Crippen molar-refractivity contribution in [2.75, 3.05) is 6.54 Å². The highest BCUT2D eigenvalue weighted by Crippen LogP contribution is 2.66. The van der Waals surface area contributed by atoms with Crippen LogP contribution in [0.5, 0.6) is 0 Å². The molecule has 2 amide bonds. The lowest BCUT2D eigenvalue weighted by Gasteiger charge is -2.47. The molecule has 0 radical (unpaired) electrons. The van der Waals surface area contributed by atoms with Gasteiger partial charge in [-0.15, -0.1) is 0 Å². The molecule has 0 aliphatic heterocycles. The highest BCUT2D eigenvalue weighted by molar-refractivity contribution is 6.22. The highest BCUT2D eigenvalue weighted by Gasteiger charge is 2.97. The minimum Gasteiger partial charge on any atom is -0.350 e. The molecule has 0 heterocycles. The Labute approximate surface area is 353 Å². The lowest BCUT2D eigenvalue weighted by atomic mass is 9.62. The van der Waals surface area contributed by atoms with Gasteiger partial charge in [-0.1, -0.05) is 20.8 Å². The van der Waals surface area contributed by atoms with Crippen molar-refractivity contribution in [2.45, 2.75) is 140 Å². The predicted octanol–water partition coefficient (Wildman–Crippen LogP) is 12.4. The second kappa shape index (κ2) is 16.2. The predicted molar refractivity (Wildman–Crippen MR) is 152 cm³/mol. The fourth-order valence-corrected chi connectivity index (χ4v) is 6.40. The van der Waals surface area contributed by atoms with Gasteiger partial charge in [0.2, 0.25) is 0 Å². The SMILES string of the molecule is CC1(C)CC(NC(=O)C(F)(F)C(F)(F)C(F)(F)C(F)(F)C(F)(F)C(F)(F)C(F)(F)C(F)(F)Cl)CC(C)(CNC(=O)C(F)(F)C(F)(F)C(F)(F)C(F)(F)C(F)(F)C(F)(F)C(F)(F)C(F)(F)Cl)C1. The van der Waals surface area contributed by atoms with Crippen LogP contribution < -0.4 is 10.6 Å². The van der Waals surface area contributed by atoms with Gasteiger partial charge in [-0.2, -0.15) is 140 Å². The Hall–Kier alpha value is -2.72. The van der Waals surface area contributed by atoms with Gasteiger partial charge < -0.3 is 10.6 Å². The molecule has 2 unspecified atom stereocenters. The number of carbonyl (C=O) groups is 2. The summed E-state index contributed by atoms with van der Waals surface area (Å²) in [4.78, 5) is 24.2. The number of nitrogens with one attached hydrogen (secondary N) is 2. The fourth-order valence-electron chi connectivity index (χ4n) is 6.16. The number of rotatable bonds is 19. The summed E-state index contributed by atoms with van der Waals surface area (Å²) >= 11 is 6.79. The Morgan fingerprint density at radius 2 is 0.652 bits per heavy atom. The van der Waals surface area contributed by atoms with Crippen molar-refractivity contribution in [2.24, 2.45) is 10.8 Å². The summed E-state index contributed by atoms with van der Waals surface area (Å²) < 4.78 is 443. The summed E-state index contributed by atoms with van der Waals surface area (Å²) in [5.74, 6) is -128. The maximum absolute atomic E-state index is 14.6. The van der Waals surface area contributed by atoms with Gasteiger partial charge in [-0.05, 0) is 53.3 Å². The van der Waals surface area contributed by atoms with Crippen molar-refractivity contribution in [3.05, 3.63) is 0 Å². The van der Waals surface area contributed by atoms with Crippen LogP contribution in [-0.2, 0) is 9.59 Å². The normalized spacial score (nSPS) is 21.4. The molecule has 0 spiro atoms. The van der Waals surface area contributed by atoms with Crippen molar-refractivity contribution in [1.29, 1.82) is 0 Å². The fraction of sp³-hybridized carbons (Fsp3) is 0.929. The molecule has 4 nitrogen and oxygen atoms in total. The highest BCUT2D eigenvalue weighted by atomic mass is 35.5. The third-order valence-corrected chi connectivity index (χ3v) is 9.94. The second-order valence-corrected chi connectivity index (χ2v) is 16.4. The molecule has 2 N–H and O–H groups in total. The van der Waals surface area contributed by atoms with E-state index in [1.165, 1.54) is 0 Å². The Bertz CT molecular complexity index is 1820. The first-order valence-corrected chi connectivity index (χ1v) is 16.8. The molecule has 2 atom stereocenters. The molecular formula is C28H20Cl2F32N2O2. The number of halogens is 34. The van der Waals surface area contributed by atoms with Crippen molar-refractivity contribution < 1.29 is 150 Å². The monoisotopic (exact) mass is 1090 g/mol. The van der Waals surface area contributed by atoms with E-state index in [1.54, 1.807) is 0 Å². The number of carbonyl (C=O) groups excluding carboxylic acids is 2. The lowest BCUT2D eigenvalue weighted by molar-refractivity contribution is -0.446. The average Bonchev–Trinajstić information content (AvgIpc) is 3.07. The summed E-state index contributed by atoms with van der Waals surface area (Å²) in [6.45, 7) is 0.152. The van der Waals surface area contributed by atoms with E-state index in [0.717, 1.165) is 13.8 Å². The Morgan fingerprint density at radius 1 is 0.409 bits per heavy atom. The molecule has 0 aromatic carbocycles. The van der Waals surface area contributed by atoms with E-state index in [0.29, 0.717) is 17.6 Å². The molecule has 0 aromatic heterocycles. The van der Waals surface area contributed by atoms with Gasteiger partial charge in [-0.25, -0.2) is 0 Å². The van der Waals surface area contributed by atoms with Crippen LogP contribution >= 0.6 is 23.2 Å². The first-order valence-electron chi connectivity index (χ1n) is 16.1. The minimum absolute atomic E-state index is 0.478. The Kier molecular flexibility index (Phi) is 15.0. The average molecular weight is 1100 g/mol. The number of hydrogen-bond donors (Lipinski definition) is 2. The third-order valence-electron chi connectivity index (χ3n) is 9.47. The number of alkyl halides is 34. The van der Waals surface area contributed by atoms with Gasteiger partial charge in [0.05, 0.1) is 0 Å². The summed E-state index contributed by atoms with van der Waals surface area (Å²) in [7, 11) is 0. The minimum atomic E-state index is -9.02. The van der Waals surface area contributed by atoms with E-state index in [4.69, 9.17) is 0 Å². The van der Waals surface area contributed by atoms with Crippen molar-refractivity contribution in [3.8, 4) is 0 Å². The number of hydrogen-bond acceptors (Lipinski definition) is 2. The van der Waals surface area contributed by atoms with Gasteiger partial charge in [0.25, 0.3) is 11.8 Å². The standard InChI is InChI=1S/C28H20Cl2F32N2O2/c1-11(2)4-8(64-10(66)14(33,34)16(37,38)18(41,42)20(45,46)22(49,50)24(53,54)26(57,58)28(30,61)62)5-12(3,6-11)7-63-9(65)13(31,32)15(35,36)17(39,40)19(43,44)21(47,48)23(51,52)25(55,56)27(29,59)60/h8H,4-7H2,1-3H3,(H,63,65)(H,64,66). The van der Waals surface area contributed by atoms with E-state index < -0.39 is 148 Å². The van der Waals surface area contributed by atoms with Crippen LogP contribution in [0.1, 0.15) is 40.0 Å². The summed E-state index contributed by atoms with van der Waals surface area (Å²) in [5.41, 5.74) is -4.38. The van der Waals surface area contributed by atoms with Crippen LogP contribution in [0.2, 0.25) is 0 Å². The van der Waals surface area contributed by atoms with Gasteiger partial charge in [0.15, 0.2) is 0 Å². The maximum Gasteiger partial charge on any atom is 0.393 e. The molecule has 66 heavy (non-hydrogen) atoms. The topological polar surface area (TPSA) is 58.2 Å². The summed E-state index contributed by atoms with van der Waals surface area (Å²) in [6, 6.07) is -2.54. The van der Waals surface area contributed by atoms with E-state index in [2.05, 4.69) is 23.2 Å². The Morgan fingerprint density at radius 3 is 0.924 bits per heavy atom. The molecular weight excluding hydrogens is 1080 g/mol. The van der Waals surface area contributed by atoms with Gasteiger partial charge in [0.1, 0.15) is 0 Å². The van der Waals surface area contributed by atoms with Crippen LogP contribution in [0.15, 0.2) is 0 Å². The summed E-state index contributed by atoms with van der Waals surface area (Å²) in [5, 5.41) is -13.1. The zero-order valence-electron chi connectivity index (χ0n) is 31.1. The van der Waals surface area contributed by atoms with Gasteiger partial charge in [-0.3, -0.25) is 9.59 Å². The van der Waals surface area contributed by atoms with Crippen LogP contribution in [0.25, 0.3) is 0 Å². The molecule has 1 aliphatic carbocycles. The maximum atomic E-state index is 14.6. The quantitative estimate of drug-likeness (QED) is 0.100. The van der Waals surface area contributed by atoms with Gasteiger partial charge >= 0.3 is 93.7 Å². The number of amides is 2. The first-order chi connectivity index (χ1) is 28.0. The molecule has 0 saturated heterocycles. The van der Waals surface area contributed by atoms with Crippen LogP contribution in [0.4, 0.5) is 140 Å². The molecule has 1 aliphatic rings. The molecule has 38 heteroatoms. The molecule has 392 valence electrons. The van der Waals surface area contributed by atoms with Crippen LogP contribution in [-0.4, -0.2) is 118 Å². The molecule has 1 rings (SSSR count). The van der Waals surface area contributed by atoms with Crippen molar-refractivity contribution in [3.63, 3.8) is 0 Å². The zero-order valence-corrected chi connectivity index (χ0v) is 32.6. The Balaban J connectivity index is 3.58. The third kappa shape index (κ3) is 8.56. The van der Waals surface area contributed by atoms with Crippen molar-refractivity contribution in [1.82, 2.24) is 10.6 Å². The summed E-state index contributed by atoms with van der Waals surface area (Å²) in [6.07, 6.45) is -3.46. The second-order valence-electron chi connectivity index (χ2n) is 15.4. The zero-order chi connectivity index (χ0) is 54.0. The molecule has 1 saturated carbocycles. The van der Waals surface area contributed by atoms with Crippen LogP contribution in [0.3, 0.4) is 0 Å². The van der Waals surface area contributed by atoms with E-state index in [1.807, 2.05) is 0 Å². The van der Waals surface area contributed by atoms with E-state index >= 15 is 0 Å². The van der Waals surface area contributed by atoms with Crippen molar-refractivity contribution >= 4 is 35.0 Å². The molecule has 0 bridgehead atoms. The smallest absolute Gasteiger partial charge is 0.350 e. The first kappa shape index (κ1) is 61.3. The van der Waals surface area contributed by atoms with E-state index in [9.17, 15) is 150 Å². The van der Waals surface area contributed by atoms with Gasteiger partial charge in [0, 0.05) is 12.6 Å². The lowest BCUT2D eigenvalue weighted by Crippen LogP contribution is -2.75.